The number of halogens is 1. The lowest BCUT2D eigenvalue weighted by Crippen LogP contribution is -2.31. The van der Waals surface area contributed by atoms with Crippen LogP contribution in [0.2, 0.25) is 0 Å². The maximum Gasteiger partial charge on any atom is 0.244 e. The third-order valence-corrected chi connectivity index (χ3v) is 3.51. The fourth-order valence-corrected chi connectivity index (χ4v) is 2.46. The number of aliphatic hydroxyl groups excluding tert-OH is 1. The Morgan fingerprint density at radius 3 is 2.75 bits per heavy atom. The first kappa shape index (κ1) is 16.9. The molecule has 0 saturated heterocycles. The Kier molecular flexibility index (Phi) is 6.96. The first-order valence-electron chi connectivity index (χ1n) is 6.78. The third kappa shape index (κ3) is 6.35. The molecule has 0 aliphatic heterocycles. The van der Waals surface area contributed by atoms with Crippen LogP contribution >= 0.6 is 15.9 Å². The molecular formula is C16H22BrNO2. The van der Waals surface area contributed by atoms with Crippen molar-refractivity contribution in [2.75, 3.05) is 6.54 Å². The molecule has 110 valence electrons. The van der Waals surface area contributed by atoms with Crippen LogP contribution in [0.1, 0.15) is 31.4 Å². The van der Waals surface area contributed by atoms with Gasteiger partial charge in [-0.2, -0.15) is 0 Å². The van der Waals surface area contributed by atoms with Crippen molar-refractivity contribution in [1.82, 2.24) is 5.32 Å². The fourth-order valence-electron chi connectivity index (χ4n) is 1.84. The van der Waals surface area contributed by atoms with Crippen molar-refractivity contribution in [1.29, 1.82) is 0 Å². The SMILES string of the molecule is Cc1ccc(/C=C/C(=O)NCC(O)CC(C)C)c(Br)c1. The summed E-state index contributed by atoms with van der Waals surface area (Å²) in [6, 6.07) is 5.95. The zero-order valence-corrected chi connectivity index (χ0v) is 13.8. The first-order valence-corrected chi connectivity index (χ1v) is 7.58. The molecule has 0 spiro atoms. The van der Waals surface area contributed by atoms with Gasteiger partial charge < -0.3 is 10.4 Å². The Bertz CT molecular complexity index is 483. The summed E-state index contributed by atoms with van der Waals surface area (Å²) in [5.74, 6) is 0.223. The van der Waals surface area contributed by atoms with Crippen LogP contribution in [0.3, 0.4) is 0 Å². The van der Waals surface area contributed by atoms with Gasteiger partial charge in [-0.15, -0.1) is 0 Å². The quantitative estimate of drug-likeness (QED) is 0.781. The molecule has 1 aromatic carbocycles. The van der Waals surface area contributed by atoms with E-state index in [-0.39, 0.29) is 12.5 Å². The van der Waals surface area contributed by atoms with Crippen LogP contribution < -0.4 is 5.32 Å². The molecule has 0 aromatic heterocycles. The van der Waals surface area contributed by atoms with E-state index in [1.54, 1.807) is 6.08 Å². The van der Waals surface area contributed by atoms with Crippen molar-refractivity contribution < 1.29 is 9.90 Å². The fraction of sp³-hybridized carbons (Fsp3) is 0.438. The van der Waals surface area contributed by atoms with Gasteiger partial charge in [-0.05, 0) is 42.5 Å². The van der Waals surface area contributed by atoms with Crippen molar-refractivity contribution in [2.45, 2.75) is 33.3 Å². The molecule has 3 nitrogen and oxygen atoms in total. The minimum absolute atomic E-state index is 0.194. The van der Waals surface area contributed by atoms with Gasteiger partial charge in [-0.1, -0.05) is 41.9 Å². The highest BCUT2D eigenvalue weighted by atomic mass is 79.9. The molecule has 0 saturated carbocycles. The molecule has 0 bridgehead atoms. The van der Waals surface area contributed by atoms with Crippen LogP contribution in [0.25, 0.3) is 6.08 Å². The Morgan fingerprint density at radius 2 is 2.15 bits per heavy atom. The summed E-state index contributed by atoms with van der Waals surface area (Å²) in [5, 5.41) is 12.4. The average Bonchev–Trinajstić information content (AvgIpc) is 2.34. The van der Waals surface area contributed by atoms with Gasteiger partial charge in [0.05, 0.1) is 6.10 Å². The maximum atomic E-state index is 11.7. The van der Waals surface area contributed by atoms with Gasteiger partial charge in [-0.25, -0.2) is 0 Å². The smallest absolute Gasteiger partial charge is 0.244 e. The number of benzene rings is 1. The standard InChI is InChI=1S/C16H22BrNO2/c1-11(2)8-14(19)10-18-16(20)7-6-13-5-4-12(3)9-15(13)17/h4-7,9,11,14,19H,8,10H2,1-3H3,(H,18,20)/b7-6+. The molecule has 0 radical (unpaired) electrons. The number of hydrogen-bond acceptors (Lipinski definition) is 2. The number of hydrogen-bond donors (Lipinski definition) is 2. The number of rotatable bonds is 6. The number of aliphatic hydroxyl groups is 1. The molecule has 1 aromatic rings. The Balaban J connectivity index is 2.47. The molecule has 0 aliphatic carbocycles. The molecular weight excluding hydrogens is 318 g/mol. The molecule has 1 amide bonds. The summed E-state index contributed by atoms with van der Waals surface area (Å²) in [5.41, 5.74) is 2.11. The molecule has 20 heavy (non-hydrogen) atoms. The zero-order chi connectivity index (χ0) is 15.1. The maximum absolute atomic E-state index is 11.7. The summed E-state index contributed by atoms with van der Waals surface area (Å²) < 4.78 is 0.960. The zero-order valence-electron chi connectivity index (χ0n) is 12.2. The van der Waals surface area contributed by atoms with Gasteiger partial charge in [0.1, 0.15) is 0 Å². The van der Waals surface area contributed by atoms with Gasteiger partial charge in [0.25, 0.3) is 0 Å². The Labute approximate surface area is 129 Å². The second-order valence-electron chi connectivity index (χ2n) is 5.39. The second kappa shape index (κ2) is 8.22. The van der Waals surface area contributed by atoms with Crippen molar-refractivity contribution in [3.05, 3.63) is 39.9 Å². The van der Waals surface area contributed by atoms with Gasteiger partial charge in [0, 0.05) is 17.1 Å². The van der Waals surface area contributed by atoms with Crippen LogP contribution in [-0.2, 0) is 4.79 Å². The van der Waals surface area contributed by atoms with Crippen LogP contribution in [0, 0.1) is 12.8 Å². The van der Waals surface area contributed by atoms with Gasteiger partial charge >= 0.3 is 0 Å². The van der Waals surface area contributed by atoms with E-state index in [9.17, 15) is 9.90 Å². The molecule has 1 unspecified atom stereocenters. The van der Waals surface area contributed by atoms with E-state index >= 15 is 0 Å². The molecule has 0 fully saturated rings. The summed E-state index contributed by atoms with van der Waals surface area (Å²) in [4.78, 5) is 11.7. The van der Waals surface area contributed by atoms with E-state index in [0.717, 1.165) is 15.6 Å². The number of aryl methyl sites for hydroxylation is 1. The number of carbonyl (C=O) groups is 1. The lowest BCUT2D eigenvalue weighted by molar-refractivity contribution is -0.116. The lowest BCUT2D eigenvalue weighted by atomic mass is 10.1. The predicted octanol–water partition coefficient (Wildman–Crippen LogP) is 3.29. The molecule has 2 N–H and O–H groups in total. The monoisotopic (exact) mass is 339 g/mol. The van der Waals surface area contributed by atoms with Crippen LogP contribution in [0.5, 0.6) is 0 Å². The first-order chi connectivity index (χ1) is 9.38. The van der Waals surface area contributed by atoms with Crippen molar-refractivity contribution >= 4 is 27.9 Å². The number of carbonyl (C=O) groups excluding carboxylic acids is 1. The van der Waals surface area contributed by atoms with Gasteiger partial charge in [0.15, 0.2) is 0 Å². The summed E-state index contributed by atoms with van der Waals surface area (Å²) in [7, 11) is 0. The van der Waals surface area contributed by atoms with Gasteiger partial charge in [-0.3, -0.25) is 4.79 Å². The second-order valence-corrected chi connectivity index (χ2v) is 6.24. The molecule has 1 atom stereocenters. The Morgan fingerprint density at radius 1 is 1.45 bits per heavy atom. The summed E-state index contributed by atoms with van der Waals surface area (Å²) >= 11 is 3.46. The minimum Gasteiger partial charge on any atom is -0.391 e. The predicted molar refractivity (Wildman–Crippen MR) is 86.4 cm³/mol. The highest BCUT2D eigenvalue weighted by Crippen LogP contribution is 2.19. The molecule has 4 heteroatoms. The lowest BCUT2D eigenvalue weighted by Gasteiger charge is -2.12. The summed E-state index contributed by atoms with van der Waals surface area (Å²) in [6.45, 7) is 6.39. The van der Waals surface area contributed by atoms with Crippen LogP contribution in [-0.4, -0.2) is 23.7 Å². The highest BCUT2D eigenvalue weighted by molar-refractivity contribution is 9.10. The van der Waals surface area contributed by atoms with E-state index < -0.39 is 6.10 Å². The molecule has 0 aliphatic rings. The van der Waals surface area contributed by atoms with E-state index in [4.69, 9.17) is 0 Å². The topological polar surface area (TPSA) is 49.3 Å². The summed E-state index contributed by atoms with van der Waals surface area (Å²) in [6.07, 6.45) is 3.44. The number of amides is 1. The van der Waals surface area contributed by atoms with Crippen molar-refractivity contribution in [2.24, 2.45) is 5.92 Å². The molecule has 1 rings (SSSR count). The number of nitrogens with one attached hydrogen (secondary N) is 1. The third-order valence-electron chi connectivity index (χ3n) is 2.83. The largest absolute Gasteiger partial charge is 0.391 e. The Hall–Kier alpha value is -1.13. The van der Waals surface area contributed by atoms with Crippen LogP contribution in [0.15, 0.2) is 28.7 Å². The average molecular weight is 340 g/mol. The van der Waals surface area contributed by atoms with E-state index in [1.807, 2.05) is 39.0 Å². The van der Waals surface area contributed by atoms with Gasteiger partial charge in [0.2, 0.25) is 5.91 Å². The van der Waals surface area contributed by atoms with Crippen molar-refractivity contribution in [3.63, 3.8) is 0 Å². The normalized spacial score (nSPS) is 12.9. The minimum atomic E-state index is -0.488. The van der Waals surface area contributed by atoms with Crippen LogP contribution in [0.4, 0.5) is 0 Å². The van der Waals surface area contributed by atoms with E-state index in [0.29, 0.717) is 12.3 Å². The van der Waals surface area contributed by atoms with Crippen molar-refractivity contribution in [3.8, 4) is 0 Å². The molecule has 0 heterocycles. The highest BCUT2D eigenvalue weighted by Gasteiger charge is 2.07. The van der Waals surface area contributed by atoms with E-state index in [2.05, 4.69) is 21.2 Å². The van der Waals surface area contributed by atoms with E-state index in [1.165, 1.54) is 6.08 Å².